The Labute approximate surface area is 105 Å². The third-order valence-electron chi connectivity index (χ3n) is 3.10. The summed E-state index contributed by atoms with van der Waals surface area (Å²) in [6.45, 7) is 11.9. The average Bonchev–Trinajstić information content (AvgIpc) is 2.80. The first-order chi connectivity index (χ1) is 8.29. The zero-order valence-corrected chi connectivity index (χ0v) is 11.7. The molecule has 0 unspecified atom stereocenters. The summed E-state index contributed by atoms with van der Waals surface area (Å²) in [5.41, 5.74) is 1.02. The van der Waals surface area contributed by atoms with Gasteiger partial charge in [0.15, 0.2) is 0 Å². The van der Waals surface area contributed by atoms with E-state index >= 15 is 0 Å². The predicted octanol–water partition coefficient (Wildman–Crippen LogP) is 2.66. The second kappa shape index (κ2) is 7.43. The van der Waals surface area contributed by atoms with Crippen LogP contribution in [0.3, 0.4) is 0 Å². The molecule has 1 aliphatic heterocycles. The summed E-state index contributed by atoms with van der Waals surface area (Å²) in [6.07, 6.45) is 5.73. The molecule has 1 fully saturated rings. The minimum Gasteiger partial charge on any atom is -0.303 e. The lowest BCUT2D eigenvalue weighted by atomic mass is 10.1. The molecular weight excluding hydrogens is 212 g/mol. The normalized spacial score (nSPS) is 17.6. The molecule has 2 heterocycles. The van der Waals surface area contributed by atoms with Gasteiger partial charge >= 0.3 is 0 Å². The van der Waals surface area contributed by atoms with Crippen LogP contribution >= 0.6 is 0 Å². The molecule has 1 aromatic heterocycles. The summed E-state index contributed by atoms with van der Waals surface area (Å²) in [5, 5.41) is 8.21. The number of piperidine rings is 1. The number of hydrogen-bond acceptors (Lipinski definition) is 3. The van der Waals surface area contributed by atoms with Gasteiger partial charge in [0.25, 0.3) is 0 Å². The third-order valence-corrected chi connectivity index (χ3v) is 3.10. The molecule has 0 spiro atoms. The Bertz CT molecular complexity index is 300. The van der Waals surface area contributed by atoms with Gasteiger partial charge in [0.2, 0.25) is 0 Å². The standard InChI is InChI=1S/C11H20N4.C2H6/c1-3-6-14-7-4-11(5-8-14)15-9-10(2)12-13-15;1-2/h9,11H,3-8H2,1-2H3;1-2H3. The quantitative estimate of drug-likeness (QED) is 0.812. The first kappa shape index (κ1) is 14.2. The highest BCUT2D eigenvalue weighted by Crippen LogP contribution is 2.21. The Kier molecular flexibility index (Phi) is 6.19. The molecule has 1 saturated heterocycles. The zero-order valence-electron chi connectivity index (χ0n) is 11.7. The smallest absolute Gasteiger partial charge is 0.0796 e. The van der Waals surface area contributed by atoms with Crippen molar-refractivity contribution in [2.75, 3.05) is 19.6 Å². The van der Waals surface area contributed by atoms with E-state index in [-0.39, 0.29) is 0 Å². The number of rotatable bonds is 3. The van der Waals surface area contributed by atoms with Crippen LogP contribution in [0.2, 0.25) is 0 Å². The van der Waals surface area contributed by atoms with Gasteiger partial charge < -0.3 is 4.90 Å². The van der Waals surface area contributed by atoms with E-state index in [0.717, 1.165) is 5.69 Å². The predicted molar refractivity (Wildman–Crippen MR) is 71.1 cm³/mol. The van der Waals surface area contributed by atoms with E-state index in [9.17, 15) is 0 Å². The van der Waals surface area contributed by atoms with Gasteiger partial charge in [-0.2, -0.15) is 0 Å². The van der Waals surface area contributed by atoms with Gasteiger partial charge in [-0.25, -0.2) is 4.68 Å². The van der Waals surface area contributed by atoms with E-state index in [1.165, 1.54) is 38.9 Å². The van der Waals surface area contributed by atoms with Crippen LogP contribution in [0.5, 0.6) is 0 Å². The van der Waals surface area contributed by atoms with Gasteiger partial charge in [0.05, 0.1) is 11.7 Å². The molecule has 98 valence electrons. The lowest BCUT2D eigenvalue weighted by molar-refractivity contribution is 0.179. The Morgan fingerprint density at radius 3 is 2.41 bits per heavy atom. The molecule has 0 saturated carbocycles. The summed E-state index contributed by atoms with van der Waals surface area (Å²) in [5.74, 6) is 0. The molecule has 2 rings (SSSR count). The molecule has 0 N–H and O–H groups in total. The van der Waals surface area contributed by atoms with E-state index in [1.54, 1.807) is 0 Å². The van der Waals surface area contributed by atoms with E-state index in [0.29, 0.717) is 6.04 Å². The minimum absolute atomic E-state index is 0.569. The fourth-order valence-corrected chi connectivity index (χ4v) is 2.27. The SMILES string of the molecule is CC.CCCN1CCC(n2cc(C)nn2)CC1. The van der Waals surface area contributed by atoms with Crippen molar-refractivity contribution in [2.24, 2.45) is 0 Å². The van der Waals surface area contributed by atoms with Gasteiger partial charge in [0.1, 0.15) is 0 Å². The van der Waals surface area contributed by atoms with Gasteiger partial charge in [-0.05, 0) is 32.7 Å². The number of aromatic nitrogens is 3. The number of hydrogen-bond donors (Lipinski definition) is 0. The fourth-order valence-electron chi connectivity index (χ4n) is 2.27. The molecule has 1 aliphatic rings. The summed E-state index contributed by atoms with van der Waals surface area (Å²) in [4.78, 5) is 2.54. The number of nitrogens with zero attached hydrogens (tertiary/aromatic N) is 4. The van der Waals surface area contributed by atoms with E-state index < -0.39 is 0 Å². The van der Waals surface area contributed by atoms with E-state index in [1.807, 2.05) is 25.5 Å². The maximum atomic E-state index is 4.16. The molecule has 4 heteroatoms. The van der Waals surface area contributed by atoms with Crippen molar-refractivity contribution in [3.63, 3.8) is 0 Å². The Morgan fingerprint density at radius 2 is 1.94 bits per heavy atom. The lowest BCUT2D eigenvalue weighted by Crippen LogP contribution is -2.35. The summed E-state index contributed by atoms with van der Waals surface area (Å²) < 4.78 is 2.04. The van der Waals surface area contributed by atoms with Crippen LogP contribution < -0.4 is 0 Å². The number of likely N-dealkylation sites (tertiary alicyclic amines) is 1. The van der Waals surface area contributed by atoms with Crippen molar-refractivity contribution in [3.8, 4) is 0 Å². The Morgan fingerprint density at radius 1 is 1.29 bits per heavy atom. The first-order valence-electron chi connectivity index (χ1n) is 6.90. The average molecular weight is 238 g/mol. The molecule has 4 nitrogen and oxygen atoms in total. The molecule has 0 radical (unpaired) electrons. The maximum Gasteiger partial charge on any atom is 0.0796 e. The molecule has 17 heavy (non-hydrogen) atoms. The zero-order chi connectivity index (χ0) is 12.7. The first-order valence-corrected chi connectivity index (χ1v) is 6.90. The fraction of sp³-hybridized carbons (Fsp3) is 0.846. The topological polar surface area (TPSA) is 34.0 Å². The highest BCUT2D eigenvalue weighted by Gasteiger charge is 2.20. The van der Waals surface area contributed by atoms with Crippen LogP contribution in [-0.2, 0) is 0 Å². The van der Waals surface area contributed by atoms with Crippen LogP contribution in [0, 0.1) is 6.92 Å². The highest BCUT2D eigenvalue weighted by molar-refractivity contribution is 4.89. The molecular formula is C13H26N4. The second-order valence-electron chi connectivity index (χ2n) is 4.41. The van der Waals surface area contributed by atoms with Gasteiger partial charge in [-0.3, -0.25) is 0 Å². The van der Waals surface area contributed by atoms with Crippen molar-refractivity contribution in [3.05, 3.63) is 11.9 Å². The summed E-state index contributed by atoms with van der Waals surface area (Å²) >= 11 is 0. The molecule has 0 atom stereocenters. The molecule has 0 aromatic carbocycles. The Balaban J connectivity index is 0.000000686. The second-order valence-corrected chi connectivity index (χ2v) is 4.41. The maximum absolute atomic E-state index is 4.16. The van der Waals surface area contributed by atoms with Gasteiger partial charge in [-0.1, -0.05) is 26.0 Å². The summed E-state index contributed by atoms with van der Waals surface area (Å²) in [7, 11) is 0. The molecule has 0 bridgehead atoms. The van der Waals surface area contributed by atoms with Crippen molar-refractivity contribution < 1.29 is 0 Å². The van der Waals surface area contributed by atoms with Crippen LogP contribution in [0.4, 0.5) is 0 Å². The van der Waals surface area contributed by atoms with Gasteiger partial charge in [-0.15, -0.1) is 5.10 Å². The third kappa shape index (κ3) is 4.11. The van der Waals surface area contributed by atoms with Crippen LogP contribution in [0.25, 0.3) is 0 Å². The van der Waals surface area contributed by atoms with Crippen LogP contribution in [0.15, 0.2) is 6.20 Å². The highest BCUT2D eigenvalue weighted by atomic mass is 15.4. The van der Waals surface area contributed by atoms with E-state index in [2.05, 4.69) is 28.3 Å². The lowest BCUT2D eigenvalue weighted by Gasteiger charge is -2.31. The van der Waals surface area contributed by atoms with Gasteiger partial charge in [0, 0.05) is 19.3 Å². The molecule has 1 aromatic rings. The molecule has 0 aliphatic carbocycles. The summed E-state index contributed by atoms with van der Waals surface area (Å²) in [6, 6.07) is 0.569. The Hall–Kier alpha value is -0.900. The van der Waals surface area contributed by atoms with Crippen molar-refractivity contribution >= 4 is 0 Å². The van der Waals surface area contributed by atoms with E-state index in [4.69, 9.17) is 0 Å². The van der Waals surface area contributed by atoms with Crippen molar-refractivity contribution in [1.29, 1.82) is 0 Å². The molecule has 0 amide bonds. The van der Waals surface area contributed by atoms with Crippen LogP contribution in [0.1, 0.15) is 51.8 Å². The number of aryl methyl sites for hydroxylation is 1. The van der Waals surface area contributed by atoms with Crippen molar-refractivity contribution in [2.45, 2.75) is 53.0 Å². The van der Waals surface area contributed by atoms with Crippen LogP contribution in [-0.4, -0.2) is 39.5 Å². The minimum atomic E-state index is 0.569. The monoisotopic (exact) mass is 238 g/mol. The largest absolute Gasteiger partial charge is 0.303 e. The van der Waals surface area contributed by atoms with Crippen molar-refractivity contribution in [1.82, 2.24) is 19.9 Å².